The van der Waals surface area contributed by atoms with Gasteiger partial charge in [-0.15, -0.1) is 11.3 Å². The van der Waals surface area contributed by atoms with E-state index in [0.29, 0.717) is 17.9 Å². The van der Waals surface area contributed by atoms with Crippen molar-refractivity contribution in [1.82, 2.24) is 15.3 Å². The summed E-state index contributed by atoms with van der Waals surface area (Å²) in [6, 6.07) is 10.9. The molecule has 0 saturated heterocycles. The normalized spacial score (nSPS) is 10.4. The van der Waals surface area contributed by atoms with Crippen LogP contribution in [0.25, 0.3) is 0 Å². The van der Waals surface area contributed by atoms with Crippen LogP contribution in [-0.2, 0) is 22.6 Å². The van der Waals surface area contributed by atoms with Gasteiger partial charge in [0.2, 0.25) is 11.8 Å². The van der Waals surface area contributed by atoms with E-state index >= 15 is 0 Å². The number of aromatic nitrogens is 2. The molecule has 150 valence electrons. The molecule has 0 radical (unpaired) electrons. The Hall–Kier alpha value is -2.91. The Bertz CT molecular complexity index is 946. The number of thiazole rings is 1. The molecular weight excluding hydrogens is 408 g/mol. The van der Waals surface area contributed by atoms with Crippen LogP contribution < -0.4 is 15.4 Å². The Morgan fingerprint density at radius 1 is 1.17 bits per heavy atom. The topological polar surface area (TPSA) is 93.2 Å². The van der Waals surface area contributed by atoms with Gasteiger partial charge in [0.15, 0.2) is 4.34 Å². The molecule has 0 aliphatic rings. The van der Waals surface area contributed by atoms with Crippen molar-refractivity contribution in [3.8, 4) is 5.75 Å². The fourth-order valence-electron chi connectivity index (χ4n) is 2.36. The summed E-state index contributed by atoms with van der Waals surface area (Å²) < 4.78 is 5.85. The van der Waals surface area contributed by atoms with Gasteiger partial charge in [-0.1, -0.05) is 17.8 Å². The molecule has 2 N–H and O–H groups in total. The van der Waals surface area contributed by atoms with Gasteiger partial charge in [0.25, 0.3) is 0 Å². The van der Waals surface area contributed by atoms with Crippen LogP contribution in [0.15, 0.2) is 58.5 Å². The average Bonchev–Trinajstić information content (AvgIpc) is 3.19. The SMILES string of the molecule is COc1ccc(NC(=O)CSc2nc(CC(=O)NCc3cccnc3)cs2)cc1. The molecule has 0 fully saturated rings. The first-order valence-corrected chi connectivity index (χ1v) is 10.7. The molecule has 0 unspecified atom stereocenters. The van der Waals surface area contributed by atoms with Crippen molar-refractivity contribution in [2.75, 3.05) is 18.2 Å². The monoisotopic (exact) mass is 428 g/mol. The highest BCUT2D eigenvalue weighted by Gasteiger charge is 2.10. The van der Waals surface area contributed by atoms with E-state index in [2.05, 4.69) is 20.6 Å². The van der Waals surface area contributed by atoms with E-state index in [1.54, 1.807) is 43.8 Å². The number of thioether (sulfide) groups is 1. The molecule has 0 aliphatic heterocycles. The fourth-order valence-corrected chi connectivity index (χ4v) is 4.01. The first kappa shape index (κ1) is 20.8. The highest BCUT2D eigenvalue weighted by atomic mass is 32.2. The Kier molecular flexibility index (Phi) is 7.60. The first-order chi connectivity index (χ1) is 14.1. The van der Waals surface area contributed by atoms with Gasteiger partial charge >= 0.3 is 0 Å². The second-order valence-electron chi connectivity index (χ2n) is 5.98. The lowest BCUT2D eigenvalue weighted by atomic mass is 10.2. The Balaban J connectivity index is 1.41. The van der Waals surface area contributed by atoms with Crippen LogP contribution in [0.5, 0.6) is 5.75 Å². The molecule has 3 rings (SSSR count). The average molecular weight is 429 g/mol. The van der Waals surface area contributed by atoms with Crippen LogP contribution in [-0.4, -0.2) is 34.6 Å². The zero-order valence-corrected chi connectivity index (χ0v) is 17.4. The van der Waals surface area contributed by atoms with Gasteiger partial charge in [0, 0.05) is 30.0 Å². The number of benzene rings is 1. The van der Waals surface area contributed by atoms with E-state index in [9.17, 15) is 9.59 Å². The summed E-state index contributed by atoms with van der Waals surface area (Å²) in [4.78, 5) is 32.6. The molecule has 2 heterocycles. The van der Waals surface area contributed by atoms with Crippen molar-refractivity contribution in [3.05, 3.63) is 65.4 Å². The lowest BCUT2D eigenvalue weighted by Crippen LogP contribution is -2.24. The highest BCUT2D eigenvalue weighted by Crippen LogP contribution is 2.23. The number of methoxy groups -OCH3 is 1. The molecular formula is C20H20N4O3S2. The lowest BCUT2D eigenvalue weighted by Gasteiger charge is -2.05. The van der Waals surface area contributed by atoms with Crippen molar-refractivity contribution in [2.24, 2.45) is 0 Å². The molecule has 29 heavy (non-hydrogen) atoms. The standard InChI is InChI=1S/C20H20N4O3S2/c1-27-17-6-4-15(5-7-17)23-19(26)13-29-20-24-16(12-28-20)9-18(25)22-11-14-3-2-8-21-10-14/h2-8,10,12H,9,11,13H2,1H3,(H,22,25)(H,23,26). The van der Waals surface area contributed by atoms with Gasteiger partial charge in [-0.3, -0.25) is 14.6 Å². The van der Waals surface area contributed by atoms with Crippen LogP contribution in [0, 0.1) is 0 Å². The molecule has 0 saturated carbocycles. The van der Waals surface area contributed by atoms with Crippen LogP contribution in [0.2, 0.25) is 0 Å². The third-order valence-corrected chi connectivity index (χ3v) is 5.86. The number of ether oxygens (including phenoxy) is 1. The quantitative estimate of drug-likeness (QED) is 0.509. The Labute approximate surface area is 176 Å². The maximum Gasteiger partial charge on any atom is 0.234 e. The van der Waals surface area contributed by atoms with Gasteiger partial charge < -0.3 is 15.4 Å². The van der Waals surface area contributed by atoms with Gasteiger partial charge in [-0.05, 0) is 35.9 Å². The van der Waals surface area contributed by atoms with Crippen molar-refractivity contribution in [2.45, 2.75) is 17.3 Å². The first-order valence-electron chi connectivity index (χ1n) is 8.79. The number of hydrogen-bond donors (Lipinski definition) is 2. The predicted octanol–water partition coefficient (Wildman–Crippen LogP) is 3.14. The Morgan fingerprint density at radius 3 is 2.72 bits per heavy atom. The second-order valence-corrected chi connectivity index (χ2v) is 8.07. The van der Waals surface area contributed by atoms with E-state index < -0.39 is 0 Å². The maximum atomic E-state index is 12.1. The number of anilines is 1. The van der Waals surface area contributed by atoms with Crippen LogP contribution in [0.4, 0.5) is 5.69 Å². The maximum absolute atomic E-state index is 12.1. The Morgan fingerprint density at radius 2 is 2.00 bits per heavy atom. The number of carbonyl (C=O) groups excluding carboxylic acids is 2. The zero-order valence-electron chi connectivity index (χ0n) is 15.8. The zero-order chi connectivity index (χ0) is 20.5. The van der Waals surface area contributed by atoms with E-state index in [1.807, 2.05) is 17.5 Å². The lowest BCUT2D eigenvalue weighted by molar-refractivity contribution is -0.120. The van der Waals surface area contributed by atoms with Gasteiger partial charge in [-0.25, -0.2) is 4.98 Å². The van der Waals surface area contributed by atoms with Gasteiger partial charge in [-0.2, -0.15) is 0 Å². The summed E-state index contributed by atoms with van der Waals surface area (Å²) in [5, 5.41) is 7.52. The van der Waals surface area contributed by atoms with E-state index in [4.69, 9.17) is 4.74 Å². The van der Waals surface area contributed by atoms with Crippen molar-refractivity contribution >= 4 is 40.6 Å². The van der Waals surface area contributed by atoms with Crippen molar-refractivity contribution < 1.29 is 14.3 Å². The predicted molar refractivity (Wildman–Crippen MR) is 114 cm³/mol. The number of pyridine rings is 1. The third kappa shape index (κ3) is 6.88. The van der Waals surface area contributed by atoms with E-state index in [-0.39, 0.29) is 24.0 Å². The highest BCUT2D eigenvalue weighted by molar-refractivity contribution is 8.01. The minimum absolute atomic E-state index is 0.104. The fraction of sp³-hybridized carbons (Fsp3) is 0.200. The summed E-state index contributed by atoms with van der Waals surface area (Å²) in [6.07, 6.45) is 3.61. The largest absolute Gasteiger partial charge is 0.497 e. The molecule has 0 atom stereocenters. The van der Waals surface area contributed by atoms with Crippen LogP contribution in [0.1, 0.15) is 11.3 Å². The van der Waals surface area contributed by atoms with E-state index in [0.717, 1.165) is 15.7 Å². The number of amides is 2. The summed E-state index contributed by atoms with van der Waals surface area (Å²) in [5.41, 5.74) is 2.34. The molecule has 0 bridgehead atoms. The van der Waals surface area contributed by atoms with E-state index in [1.165, 1.54) is 23.1 Å². The summed E-state index contributed by atoms with van der Waals surface area (Å²) in [5.74, 6) is 0.753. The molecule has 1 aromatic carbocycles. The molecule has 0 spiro atoms. The van der Waals surface area contributed by atoms with Crippen molar-refractivity contribution in [1.29, 1.82) is 0 Å². The summed E-state index contributed by atoms with van der Waals surface area (Å²) in [7, 11) is 1.59. The van der Waals surface area contributed by atoms with Crippen LogP contribution >= 0.6 is 23.1 Å². The smallest absolute Gasteiger partial charge is 0.234 e. The number of rotatable bonds is 9. The molecule has 3 aromatic rings. The molecule has 0 aliphatic carbocycles. The van der Waals surface area contributed by atoms with Crippen molar-refractivity contribution in [3.63, 3.8) is 0 Å². The molecule has 2 aromatic heterocycles. The van der Waals surface area contributed by atoms with Crippen LogP contribution in [0.3, 0.4) is 0 Å². The number of carbonyl (C=O) groups is 2. The molecule has 7 nitrogen and oxygen atoms in total. The number of hydrogen-bond acceptors (Lipinski definition) is 7. The minimum atomic E-state index is -0.119. The summed E-state index contributed by atoms with van der Waals surface area (Å²) in [6.45, 7) is 0.434. The second kappa shape index (κ2) is 10.6. The number of nitrogens with zero attached hydrogens (tertiary/aromatic N) is 2. The third-order valence-electron chi connectivity index (χ3n) is 3.79. The molecule has 9 heteroatoms. The minimum Gasteiger partial charge on any atom is -0.497 e. The number of nitrogens with one attached hydrogen (secondary N) is 2. The van der Waals surface area contributed by atoms with Gasteiger partial charge in [0.05, 0.1) is 25.0 Å². The summed E-state index contributed by atoms with van der Waals surface area (Å²) >= 11 is 2.77. The molecule has 2 amide bonds. The van der Waals surface area contributed by atoms with Gasteiger partial charge in [0.1, 0.15) is 5.75 Å².